The Morgan fingerprint density at radius 1 is 0.824 bits per heavy atom. The molecule has 0 saturated carbocycles. The van der Waals surface area contributed by atoms with Gasteiger partial charge in [-0.05, 0) is 41.0 Å². The number of nitro groups is 1. The summed E-state index contributed by atoms with van der Waals surface area (Å²) >= 11 is 0. The molecule has 0 amide bonds. The summed E-state index contributed by atoms with van der Waals surface area (Å²) in [7, 11) is 0. The highest BCUT2D eigenvalue weighted by molar-refractivity contribution is 5.96. The Labute approximate surface area is 197 Å². The fourth-order valence-electron chi connectivity index (χ4n) is 4.90. The van der Waals surface area contributed by atoms with Gasteiger partial charge >= 0.3 is 0 Å². The van der Waals surface area contributed by atoms with Gasteiger partial charge in [-0.1, -0.05) is 84.9 Å². The summed E-state index contributed by atoms with van der Waals surface area (Å²) in [5.74, 6) is 1.02. The number of nitrogens with zero attached hydrogens (tertiary/aromatic N) is 2. The first-order chi connectivity index (χ1) is 16.7. The lowest BCUT2D eigenvalue weighted by Crippen LogP contribution is -2.31. The van der Waals surface area contributed by atoms with Gasteiger partial charge < -0.3 is 10.2 Å². The van der Waals surface area contributed by atoms with E-state index in [-0.39, 0.29) is 16.7 Å². The maximum atomic E-state index is 11.6. The Morgan fingerprint density at radius 2 is 1.53 bits per heavy atom. The molecule has 164 valence electrons. The van der Waals surface area contributed by atoms with E-state index in [1.165, 1.54) is 0 Å². The summed E-state index contributed by atoms with van der Waals surface area (Å²) in [6, 6.07) is 33.8. The molecule has 0 spiro atoms. The van der Waals surface area contributed by atoms with Crippen molar-refractivity contribution < 1.29 is 4.92 Å². The van der Waals surface area contributed by atoms with Gasteiger partial charge in [0.25, 0.3) is 5.69 Å². The van der Waals surface area contributed by atoms with Crippen LogP contribution in [-0.4, -0.2) is 4.92 Å². The Bertz CT molecular complexity index is 1470. The van der Waals surface area contributed by atoms with Gasteiger partial charge in [-0.2, -0.15) is 0 Å². The van der Waals surface area contributed by atoms with Crippen molar-refractivity contribution in [3.05, 3.63) is 147 Å². The third-order valence-electron chi connectivity index (χ3n) is 6.38. The van der Waals surface area contributed by atoms with Gasteiger partial charge in [0.05, 0.1) is 27.9 Å². The second-order valence-corrected chi connectivity index (χ2v) is 8.31. The molecule has 0 aliphatic carbocycles. The molecular formula is C29H21N3O2. The standard InChI is InChI=1S/C29H21N3O2/c33-32(34)25-16-8-4-10-20(25)18-19-26-22-13-5-6-14-23(22)28(21-11-2-1-3-12-21)29-30-24-15-7-9-17-27(24)31(26)29/h1-19,26,30H/b19-18+. The molecule has 0 fully saturated rings. The molecule has 1 atom stereocenters. The van der Waals surface area contributed by atoms with E-state index in [9.17, 15) is 10.1 Å². The van der Waals surface area contributed by atoms with Crippen LogP contribution in [0.1, 0.15) is 28.3 Å². The fourth-order valence-corrected chi connectivity index (χ4v) is 4.90. The Kier molecular flexibility index (Phi) is 4.73. The van der Waals surface area contributed by atoms with Crippen molar-refractivity contribution in [3.8, 4) is 0 Å². The third kappa shape index (κ3) is 3.18. The average Bonchev–Trinajstić information content (AvgIpc) is 3.26. The zero-order chi connectivity index (χ0) is 23.1. The van der Waals surface area contributed by atoms with Crippen molar-refractivity contribution >= 4 is 28.7 Å². The van der Waals surface area contributed by atoms with Gasteiger partial charge in [-0.15, -0.1) is 0 Å². The van der Waals surface area contributed by atoms with Crippen molar-refractivity contribution in [2.75, 3.05) is 10.2 Å². The molecule has 2 aliphatic heterocycles. The largest absolute Gasteiger partial charge is 0.339 e. The van der Waals surface area contributed by atoms with Crippen LogP contribution in [-0.2, 0) is 0 Å². The molecule has 0 aromatic heterocycles. The van der Waals surface area contributed by atoms with Crippen LogP contribution >= 0.6 is 0 Å². The first kappa shape index (κ1) is 20.0. The smallest absolute Gasteiger partial charge is 0.276 e. The summed E-state index contributed by atoms with van der Waals surface area (Å²) in [4.78, 5) is 13.5. The van der Waals surface area contributed by atoms with Crippen molar-refractivity contribution in [1.82, 2.24) is 0 Å². The highest BCUT2D eigenvalue weighted by Crippen LogP contribution is 2.50. The van der Waals surface area contributed by atoms with E-state index in [2.05, 4.69) is 70.9 Å². The average molecular weight is 444 g/mol. The molecule has 6 rings (SSSR count). The first-order valence-electron chi connectivity index (χ1n) is 11.2. The molecule has 1 N–H and O–H groups in total. The molecule has 2 heterocycles. The number of fused-ring (bicyclic) bond motifs is 4. The Balaban J connectivity index is 1.57. The summed E-state index contributed by atoms with van der Waals surface area (Å²) in [6.07, 6.45) is 3.93. The molecule has 34 heavy (non-hydrogen) atoms. The van der Waals surface area contributed by atoms with Gasteiger partial charge in [0, 0.05) is 11.6 Å². The van der Waals surface area contributed by atoms with E-state index in [4.69, 9.17) is 0 Å². The van der Waals surface area contributed by atoms with Gasteiger partial charge in [0.2, 0.25) is 0 Å². The number of para-hydroxylation sites is 3. The van der Waals surface area contributed by atoms with Gasteiger partial charge in [-0.3, -0.25) is 10.1 Å². The van der Waals surface area contributed by atoms with Crippen molar-refractivity contribution in [2.24, 2.45) is 0 Å². The Hall–Kier alpha value is -4.64. The number of anilines is 2. The van der Waals surface area contributed by atoms with Crippen LogP contribution in [0, 0.1) is 10.1 Å². The lowest BCUT2D eigenvalue weighted by atomic mass is 9.86. The SMILES string of the molecule is O=[N+]([O-])c1ccccc1/C=C/C1c2ccccc2C(c2ccccc2)=C2Nc3ccccc3N21. The molecule has 0 saturated heterocycles. The molecule has 0 bridgehead atoms. The Morgan fingerprint density at radius 3 is 2.38 bits per heavy atom. The lowest BCUT2D eigenvalue weighted by Gasteiger charge is -2.36. The van der Waals surface area contributed by atoms with E-state index in [0.29, 0.717) is 5.56 Å². The topological polar surface area (TPSA) is 58.4 Å². The van der Waals surface area contributed by atoms with Crippen LogP contribution in [0.3, 0.4) is 0 Å². The number of hydrogen-bond donors (Lipinski definition) is 1. The number of nitrogens with one attached hydrogen (secondary N) is 1. The van der Waals surface area contributed by atoms with Crippen molar-refractivity contribution in [3.63, 3.8) is 0 Å². The van der Waals surface area contributed by atoms with Crippen molar-refractivity contribution in [1.29, 1.82) is 0 Å². The van der Waals surface area contributed by atoms with E-state index >= 15 is 0 Å². The fraction of sp³-hybridized carbons (Fsp3) is 0.0345. The zero-order valence-electron chi connectivity index (χ0n) is 18.3. The highest BCUT2D eigenvalue weighted by atomic mass is 16.6. The van der Waals surface area contributed by atoms with E-state index in [1.54, 1.807) is 18.2 Å². The first-order valence-corrected chi connectivity index (χ1v) is 11.2. The summed E-state index contributed by atoms with van der Waals surface area (Å²) in [5.41, 5.74) is 7.39. The minimum atomic E-state index is -0.333. The minimum absolute atomic E-state index is 0.100. The van der Waals surface area contributed by atoms with Crippen molar-refractivity contribution in [2.45, 2.75) is 6.04 Å². The number of rotatable bonds is 4. The molecule has 5 nitrogen and oxygen atoms in total. The molecule has 2 aliphatic rings. The maximum Gasteiger partial charge on any atom is 0.276 e. The second kappa shape index (κ2) is 8.05. The predicted octanol–water partition coefficient (Wildman–Crippen LogP) is 7.01. The summed E-state index contributed by atoms with van der Waals surface area (Å²) in [6.45, 7) is 0. The van der Waals surface area contributed by atoms with Crippen LogP contribution < -0.4 is 10.2 Å². The quantitative estimate of drug-likeness (QED) is 0.272. The molecule has 4 aromatic carbocycles. The lowest BCUT2D eigenvalue weighted by molar-refractivity contribution is -0.385. The minimum Gasteiger partial charge on any atom is -0.339 e. The molecule has 1 unspecified atom stereocenters. The third-order valence-corrected chi connectivity index (χ3v) is 6.38. The summed E-state index contributed by atoms with van der Waals surface area (Å²) < 4.78 is 0. The van der Waals surface area contributed by atoms with Crippen LogP contribution in [0.2, 0.25) is 0 Å². The number of nitro benzene ring substituents is 1. The zero-order valence-corrected chi connectivity index (χ0v) is 18.3. The number of hydrogen-bond acceptors (Lipinski definition) is 4. The normalized spacial score (nSPS) is 16.1. The van der Waals surface area contributed by atoms with E-state index < -0.39 is 0 Å². The maximum absolute atomic E-state index is 11.6. The van der Waals surface area contributed by atoms with E-state index in [1.807, 2.05) is 36.4 Å². The van der Waals surface area contributed by atoms with Gasteiger partial charge in [-0.25, -0.2) is 0 Å². The van der Waals surface area contributed by atoms with Gasteiger partial charge in [0.15, 0.2) is 0 Å². The highest BCUT2D eigenvalue weighted by Gasteiger charge is 2.38. The molecule has 4 aromatic rings. The second-order valence-electron chi connectivity index (χ2n) is 8.31. The van der Waals surface area contributed by atoms with Crippen LogP contribution in [0.15, 0.2) is 115 Å². The van der Waals surface area contributed by atoms with Crippen LogP contribution in [0.4, 0.5) is 17.1 Å². The molecular weight excluding hydrogens is 422 g/mol. The van der Waals surface area contributed by atoms with E-state index in [0.717, 1.165) is 39.5 Å². The predicted molar refractivity (Wildman–Crippen MR) is 136 cm³/mol. The molecule has 0 radical (unpaired) electrons. The monoisotopic (exact) mass is 443 g/mol. The summed E-state index contributed by atoms with van der Waals surface area (Å²) in [5, 5.41) is 15.2. The van der Waals surface area contributed by atoms with Crippen LogP contribution in [0.25, 0.3) is 11.6 Å². The van der Waals surface area contributed by atoms with Crippen LogP contribution in [0.5, 0.6) is 0 Å². The number of benzene rings is 4. The van der Waals surface area contributed by atoms with Gasteiger partial charge in [0.1, 0.15) is 5.82 Å². The molecule has 5 heteroatoms.